The molecule has 2 unspecified atom stereocenters. The molecule has 0 saturated carbocycles. The molecule has 0 heterocycles. The van der Waals surface area contributed by atoms with Gasteiger partial charge in [0.05, 0.1) is 25.7 Å². The molecule has 4 heteroatoms. The molecule has 0 amide bonds. The highest BCUT2D eigenvalue weighted by molar-refractivity contribution is 5.68. The summed E-state index contributed by atoms with van der Waals surface area (Å²) in [5.74, 6) is -0.873. The second-order valence-electron chi connectivity index (χ2n) is 5.04. The number of aliphatic hydroxyl groups is 1. The van der Waals surface area contributed by atoms with E-state index in [4.69, 9.17) is 9.84 Å². The molecular formula is C15H18O4. The van der Waals surface area contributed by atoms with E-state index in [1.165, 1.54) is 0 Å². The van der Waals surface area contributed by atoms with Crippen molar-refractivity contribution in [1.82, 2.24) is 0 Å². The third kappa shape index (κ3) is 3.91. The summed E-state index contributed by atoms with van der Waals surface area (Å²) in [6, 6.07) is 9.73. The van der Waals surface area contributed by atoms with E-state index in [-0.39, 0.29) is 6.42 Å². The third-order valence-corrected chi connectivity index (χ3v) is 3.29. The van der Waals surface area contributed by atoms with Crippen LogP contribution >= 0.6 is 0 Å². The lowest BCUT2D eigenvalue weighted by molar-refractivity contribution is -0.140. The molecule has 19 heavy (non-hydrogen) atoms. The number of aliphatic hydroxyl groups excluding tert-OH is 1. The zero-order valence-corrected chi connectivity index (χ0v) is 10.7. The summed E-state index contributed by atoms with van der Waals surface area (Å²) in [5.41, 5.74) is 0.468. The number of carbonyl (C=O) groups is 1. The molecule has 1 aliphatic rings. The Labute approximate surface area is 112 Å². The van der Waals surface area contributed by atoms with E-state index < -0.39 is 17.5 Å². The monoisotopic (exact) mass is 262 g/mol. The van der Waals surface area contributed by atoms with Gasteiger partial charge in [0, 0.05) is 5.41 Å². The van der Waals surface area contributed by atoms with Crippen LogP contribution < -0.4 is 0 Å². The predicted octanol–water partition coefficient (Wildman–Crippen LogP) is 1.99. The molecule has 102 valence electrons. The minimum Gasteiger partial charge on any atom is -0.481 e. The van der Waals surface area contributed by atoms with Gasteiger partial charge in [-0.3, -0.25) is 4.79 Å². The lowest BCUT2D eigenvalue weighted by atomic mass is 9.84. The highest BCUT2D eigenvalue weighted by Gasteiger charge is 2.36. The van der Waals surface area contributed by atoms with Crippen molar-refractivity contribution < 1.29 is 19.7 Å². The Morgan fingerprint density at radius 3 is 2.68 bits per heavy atom. The van der Waals surface area contributed by atoms with Crippen LogP contribution in [0.2, 0.25) is 0 Å². The summed E-state index contributed by atoms with van der Waals surface area (Å²) >= 11 is 0. The van der Waals surface area contributed by atoms with Crippen molar-refractivity contribution >= 4 is 5.97 Å². The number of carboxylic acid groups (broad SMARTS) is 1. The van der Waals surface area contributed by atoms with Gasteiger partial charge in [-0.25, -0.2) is 0 Å². The van der Waals surface area contributed by atoms with Gasteiger partial charge in [0.1, 0.15) is 0 Å². The summed E-state index contributed by atoms with van der Waals surface area (Å²) in [5, 5.41) is 18.5. The summed E-state index contributed by atoms with van der Waals surface area (Å²) in [6.45, 7) is 0.758. The van der Waals surface area contributed by atoms with Crippen LogP contribution in [0.25, 0.3) is 0 Å². The number of hydrogen-bond acceptors (Lipinski definition) is 3. The van der Waals surface area contributed by atoms with Gasteiger partial charge in [-0.15, -0.1) is 0 Å². The lowest BCUT2D eigenvalue weighted by Crippen LogP contribution is -2.28. The number of hydrogen-bond donors (Lipinski definition) is 2. The van der Waals surface area contributed by atoms with Crippen LogP contribution in [0.3, 0.4) is 0 Å². The summed E-state index contributed by atoms with van der Waals surface area (Å²) in [6.07, 6.45) is 3.24. The van der Waals surface area contributed by atoms with Crippen LogP contribution in [-0.2, 0) is 16.1 Å². The van der Waals surface area contributed by atoms with E-state index in [2.05, 4.69) is 0 Å². The molecule has 0 aromatic heterocycles. The van der Waals surface area contributed by atoms with Crippen molar-refractivity contribution in [2.45, 2.75) is 25.6 Å². The van der Waals surface area contributed by atoms with Gasteiger partial charge in [-0.1, -0.05) is 42.5 Å². The molecule has 0 saturated heterocycles. The zero-order chi connectivity index (χ0) is 13.7. The maximum absolute atomic E-state index is 10.9. The smallest absolute Gasteiger partial charge is 0.304 e. The van der Waals surface area contributed by atoms with E-state index >= 15 is 0 Å². The van der Waals surface area contributed by atoms with E-state index in [0.29, 0.717) is 19.6 Å². The molecule has 0 bridgehead atoms. The first-order chi connectivity index (χ1) is 9.10. The first-order valence-electron chi connectivity index (χ1n) is 6.31. The molecule has 2 rings (SSSR count). The van der Waals surface area contributed by atoms with Crippen LogP contribution in [0.15, 0.2) is 42.5 Å². The first kappa shape index (κ1) is 13.8. The second-order valence-corrected chi connectivity index (χ2v) is 5.04. The van der Waals surface area contributed by atoms with E-state index in [9.17, 15) is 9.90 Å². The number of aliphatic carboxylic acids is 1. The number of ether oxygens (including phenoxy) is 1. The normalized spacial score (nSPS) is 25.6. The van der Waals surface area contributed by atoms with Crippen molar-refractivity contribution in [2.75, 3.05) is 6.61 Å². The van der Waals surface area contributed by atoms with Crippen LogP contribution in [0.4, 0.5) is 0 Å². The maximum atomic E-state index is 10.9. The Hall–Kier alpha value is -1.65. The average Bonchev–Trinajstić information content (AvgIpc) is 2.71. The van der Waals surface area contributed by atoms with Gasteiger partial charge < -0.3 is 14.9 Å². The molecule has 0 spiro atoms. The zero-order valence-electron chi connectivity index (χ0n) is 10.7. The summed E-state index contributed by atoms with van der Waals surface area (Å²) in [7, 11) is 0. The Morgan fingerprint density at radius 1 is 1.37 bits per heavy atom. The van der Waals surface area contributed by atoms with Gasteiger partial charge in [0.15, 0.2) is 0 Å². The average molecular weight is 262 g/mol. The van der Waals surface area contributed by atoms with Gasteiger partial charge in [-0.2, -0.15) is 0 Å². The molecule has 0 fully saturated rings. The maximum Gasteiger partial charge on any atom is 0.304 e. The molecule has 2 N–H and O–H groups in total. The largest absolute Gasteiger partial charge is 0.481 e. The van der Waals surface area contributed by atoms with Crippen molar-refractivity contribution in [2.24, 2.45) is 5.41 Å². The second kappa shape index (κ2) is 5.99. The van der Waals surface area contributed by atoms with Crippen molar-refractivity contribution in [3.05, 3.63) is 48.0 Å². The Balaban J connectivity index is 1.91. The van der Waals surface area contributed by atoms with Gasteiger partial charge in [0.2, 0.25) is 0 Å². The Bertz CT molecular complexity index is 454. The third-order valence-electron chi connectivity index (χ3n) is 3.29. The Kier molecular flexibility index (Phi) is 4.35. The summed E-state index contributed by atoms with van der Waals surface area (Å²) < 4.78 is 5.63. The molecule has 0 radical (unpaired) electrons. The first-order valence-corrected chi connectivity index (χ1v) is 6.31. The fourth-order valence-electron chi connectivity index (χ4n) is 2.40. The molecule has 1 aromatic carbocycles. The molecule has 2 atom stereocenters. The number of benzene rings is 1. The minimum absolute atomic E-state index is 0.0185. The molecule has 0 aliphatic heterocycles. The highest BCUT2D eigenvalue weighted by Crippen LogP contribution is 2.36. The standard InChI is InChI=1S/C15H18O4/c16-13-6-7-15(8-13,9-14(17)18)11-19-10-12-4-2-1-3-5-12/h1-7,13,16H,8-11H2,(H,17,18). The summed E-state index contributed by atoms with van der Waals surface area (Å²) in [4.78, 5) is 10.9. The van der Waals surface area contributed by atoms with Crippen LogP contribution in [0.5, 0.6) is 0 Å². The fraction of sp³-hybridized carbons (Fsp3) is 0.400. The molecule has 4 nitrogen and oxygen atoms in total. The number of carboxylic acids is 1. The molecule has 1 aliphatic carbocycles. The van der Waals surface area contributed by atoms with Gasteiger partial charge in [0.25, 0.3) is 0 Å². The van der Waals surface area contributed by atoms with E-state index in [1.807, 2.05) is 30.3 Å². The van der Waals surface area contributed by atoms with E-state index in [1.54, 1.807) is 12.2 Å². The quantitative estimate of drug-likeness (QED) is 0.769. The lowest BCUT2D eigenvalue weighted by Gasteiger charge is -2.25. The molecular weight excluding hydrogens is 244 g/mol. The minimum atomic E-state index is -0.873. The highest BCUT2D eigenvalue weighted by atomic mass is 16.5. The van der Waals surface area contributed by atoms with Gasteiger partial charge >= 0.3 is 5.97 Å². The van der Waals surface area contributed by atoms with Crippen LogP contribution in [0.1, 0.15) is 18.4 Å². The van der Waals surface area contributed by atoms with Crippen molar-refractivity contribution in [1.29, 1.82) is 0 Å². The molecule has 1 aromatic rings. The van der Waals surface area contributed by atoms with Crippen molar-refractivity contribution in [3.8, 4) is 0 Å². The van der Waals surface area contributed by atoms with Crippen LogP contribution in [-0.4, -0.2) is 28.9 Å². The van der Waals surface area contributed by atoms with Crippen LogP contribution in [0, 0.1) is 5.41 Å². The number of rotatable bonds is 6. The SMILES string of the molecule is O=C(O)CC1(COCc2ccccc2)C=CC(O)C1. The predicted molar refractivity (Wildman–Crippen MR) is 70.5 cm³/mol. The van der Waals surface area contributed by atoms with E-state index in [0.717, 1.165) is 5.56 Å². The van der Waals surface area contributed by atoms with Gasteiger partial charge in [-0.05, 0) is 12.0 Å². The van der Waals surface area contributed by atoms with Crippen molar-refractivity contribution in [3.63, 3.8) is 0 Å². The topological polar surface area (TPSA) is 66.8 Å². The fourth-order valence-corrected chi connectivity index (χ4v) is 2.40. The Morgan fingerprint density at radius 2 is 2.11 bits per heavy atom.